The number of rotatable bonds is 4. The second kappa shape index (κ2) is 7.24. The second-order valence-corrected chi connectivity index (χ2v) is 7.21. The number of para-hydroxylation sites is 1. The molecule has 0 bridgehead atoms. The molecule has 1 heterocycles. The summed E-state index contributed by atoms with van der Waals surface area (Å²) in [7, 11) is 1.87. The third-order valence-corrected chi connectivity index (χ3v) is 5.25. The van der Waals surface area contributed by atoms with Crippen LogP contribution in [0, 0.1) is 11.8 Å². The van der Waals surface area contributed by atoms with Crippen LogP contribution in [0.2, 0.25) is 0 Å². The van der Waals surface area contributed by atoms with Crippen molar-refractivity contribution in [3.05, 3.63) is 30.3 Å². The highest BCUT2D eigenvalue weighted by atomic mass is 16.2. The van der Waals surface area contributed by atoms with E-state index in [9.17, 15) is 9.59 Å². The number of hydrazine groups is 1. The summed E-state index contributed by atoms with van der Waals surface area (Å²) in [5.41, 5.74) is 0.952. The minimum Gasteiger partial charge on any atom is -0.353 e. The quantitative estimate of drug-likeness (QED) is 0.924. The van der Waals surface area contributed by atoms with Crippen LogP contribution >= 0.6 is 0 Å². The number of anilines is 1. The summed E-state index contributed by atoms with van der Waals surface area (Å²) < 4.78 is 0. The van der Waals surface area contributed by atoms with Crippen LogP contribution in [0.25, 0.3) is 0 Å². The first kappa shape index (κ1) is 16.8. The fourth-order valence-corrected chi connectivity index (χ4v) is 3.82. The van der Waals surface area contributed by atoms with Gasteiger partial charge in [0.15, 0.2) is 0 Å². The standard InChI is InChI=1S/C19H27N3O2/c1-14-7-6-8-16(11-14)20-19(24)15-12-18(23)22(13-15)21(2)17-9-4-3-5-10-17/h3-5,9-10,14-16H,6-8,11-13H2,1-2H3,(H,20,24). The Balaban J connectivity index is 1.58. The van der Waals surface area contributed by atoms with E-state index >= 15 is 0 Å². The molecule has 0 aromatic heterocycles. The number of nitrogens with zero attached hydrogens (tertiary/aromatic N) is 2. The average Bonchev–Trinajstić information content (AvgIpc) is 2.97. The molecule has 1 aromatic carbocycles. The predicted molar refractivity (Wildman–Crippen MR) is 94.2 cm³/mol. The van der Waals surface area contributed by atoms with Gasteiger partial charge < -0.3 is 5.32 Å². The number of benzene rings is 1. The van der Waals surface area contributed by atoms with Crippen LogP contribution in [0.15, 0.2) is 30.3 Å². The molecule has 2 amide bonds. The van der Waals surface area contributed by atoms with Gasteiger partial charge in [0.25, 0.3) is 0 Å². The third kappa shape index (κ3) is 3.71. The molecule has 5 nitrogen and oxygen atoms in total. The van der Waals surface area contributed by atoms with Crippen molar-refractivity contribution in [2.24, 2.45) is 11.8 Å². The van der Waals surface area contributed by atoms with Gasteiger partial charge >= 0.3 is 0 Å². The smallest absolute Gasteiger partial charge is 0.241 e. The normalized spacial score (nSPS) is 27.2. The molecule has 2 fully saturated rings. The Bertz CT molecular complexity index is 590. The molecule has 5 heteroatoms. The Morgan fingerprint density at radius 3 is 2.71 bits per heavy atom. The Labute approximate surface area is 144 Å². The maximum absolute atomic E-state index is 12.6. The molecule has 1 aromatic rings. The van der Waals surface area contributed by atoms with Gasteiger partial charge in [0, 0.05) is 19.5 Å². The van der Waals surface area contributed by atoms with Crippen molar-refractivity contribution in [1.29, 1.82) is 0 Å². The van der Waals surface area contributed by atoms with Gasteiger partial charge in [-0.25, -0.2) is 0 Å². The van der Waals surface area contributed by atoms with Crippen LogP contribution in [0.3, 0.4) is 0 Å². The van der Waals surface area contributed by atoms with Crippen molar-refractivity contribution >= 4 is 17.5 Å². The number of hydrogen-bond donors (Lipinski definition) is 1. The van der Waals surface area contributed by atoms with E-state index < -0.39 is 0 Å². The molecular formula is C19H27N3O2. The Morgan fingerprint density at radius 2 is 2.00 bits per heavy atom. The first-order valence-electron chi connectivity index (χ1n) is 8.94. The van der Waals surface area contributed by atoms with Gasteiger partial charge in [-0.1, -0.05) is 38.0 Å². The average molecular weight is 329 g/mol. The summed E-state index contributed by atoms with van der Waals surface area (Å²) >= 11 is 0. The van der Waals surface area contributed by atoms with Crippen LogP contribution in [0.5, 0.6) is 0 Å². The number of carbonyl (C=O) groups is 2. The second-order valence-electron chi connectivity index (χ2n) is 7.21. The van der Waals surface area contributed by atoms with Gasteiger partial charge in [0.05, 0.1) is 18.2 Å². The lowest BCUT2D eigenvalue weighted by molar-refractivity contribution is -0.129. The summed E-state index contributed by atoms with van der Waals surface area (Å²) in [6.45, 7) is 2.70. The molecule has 3 unspecified atom stereocenters. The molecule has 3 atom stereocenters. The molecule has 2 aliphatic rings. The Kier molecular flexibility index (Phi) is 5.07. The fourth-order valence-electron chi connectivity index (χ4n) is 3.82. The lowest BCUT2D eigenvalue weighted by Crippen LogP contribution is -2.44. The maximum atomic E-state index is 12.6. The summed E-state index contributed by atoms with van der Waals surface area (Å²) in [5, 5.41) is 6.70. The van der Waals surface area contributed by atoms with E-state index in [-0.39, 0.29) is 23.8 Å². The van der Waals surface area contributed by atoms with Crippen LogP contribution in [0.4, 0.5) is 5.69 Å². The van der Waals surface area contributed by atoms with Gasteiger partial charge in [-0.3, -0.25) is 19.6 Å². The van der Waals surface area contributed by atoms with Crippen molar-refractivity contribution in [2.75, 3.05) is 18.6 Å². The highest BCUT2D eigenvalue weighted by Crippen LogP contribution is 2.26. The number of hydrogen-bond acceptors (Lipinski definition) is 3. The molecule has 1 saturated heterocycles. The van der Waals surface area contributed by atoms with E-state index in [2.05, 4.69) is 12.2 Å². The largest absolute Gasteiger partial charge is 0.353 e. The molecule has 1 aliphatic heterocycles. The van der Waals surface area contributed by atoms with E-state index in [1.165, 1.54) is 12.8 Å². The lowest BCUT2D eigenvalue weighted by atomic mass is 9.87. The summed E-state index contributed by atoms with van der Waals surface area (Å²) in [4.78, 5) is 24.9. The summed E-state index contributed by atoms with van der Waals surface area (Å²) in [6.07, 6.45) is 4.85. The van der Waals surface area contributed by atoms with E-state index in [0.717, 1.165) is 18.5 Å². The van der Waals surface area contributed by atoms with E-state index in [1.54, 1.807) is 5.01 Å². The van der Waals surface area contributed by atoms with Crippen LogP contribution in [-0.4, -0.2) is 36.5 Å². The minimum absolute atomic E-state index is 0.0125. The monoisotopic (exact) mass is 329 g/mol. The maximum Gasteiger partial charge on any atom is 0.241 e. The van der Waals surface area contributed by atoms with Gasteiger partial charge in [-0.05, 0) is 30.9 Å². The van der Waals surface area contributed by atoms with Crippen LogP contribution in [-0.2, 0) is 9.59 Å². The Hall–Kier alpha value is -2.04. The molecule has 24 heavy (non-hydrogen) atoms. The molecule has 130 valence electrons. The first-order chi connectivity index (χ1) is 11.5. The summed E-state index contributed by atoms with van der Waals surface area (Å²) in [6, 6.07) is 10.0. The topological polar surface area (TPSA) is 52.7 Å². The number of carbonyl (C=O) groups excluding carboxylic acids is 2. The SMILES string of the molecule is CC1CCCC(NC(=O)C2CC(=O)N(N(C)c3ccccc3)C2)C1. The predicted octanol–water partition coefficient (Wildman–Crippen LogP) is 2.58. The third-order valence-electron chi connectivity index (χ3n) is 5.25. The van der Waals surface area contributed by atoms with E-state index in [4.69, 9.17) is 0 Å². The van der Waals surface area contributed by atoms with E-state index in [0.29, 0.717) is 18.9 Å². The van der Waals surface area contributed by atoms with Crippen LogP contribution < -0.4 is 10.3 Å². The molecule has 3 rings (SSSR count). The van der Waals surface area contributed by atoms with Crippen molar-refractivity contribution in [3.8, 4) is 0 Å². The summed E-state index contributed by atoms with van der Waals surface area (Å²) in [5.74, 6) is 0.473. The molecule has 1 N–H and O–H groups in total. The van der Waals surface area contributed by atoms with Gasteiger partial charge in [0.1, 0.15) is 0 Å². The fraction of sp³-hybridized carbons (Fsp3) is 0.579. The molecular weight excluding hydrogens is 302 g/mol. The molecule has 1 saturated carbocycles. The van der Waals surface area contributed by atoms with Crippen LogP contribution in [0.1, 0.15) is 39.0 Å². The minimum atomic E-state index is -0.249. The van der Waals surface area contributed by atoms with Crippen molar-refractivity contribution in [2.45, 2.75) is 45.1 Å². The first-order valence-corrected chi connectivity index (χ1v) is 8.94. The van der Waals surface area contributed by atoms with E-state index in [1.807, 2.05) is 42.4 Å². The molecule has 0 radical (unpaired) electrons. The van der Waals surface area contributed by atoms with Gasteiger partial charge in [-0.2, -0.15) is 0 Å². The van der Waals surface area contributed by atoms with Crippen molar-refractivity contribution in [3.63, 3.8) is 0 Å². The lowest BCUT2D eigenvalue weighted by Gasteiger charge is -2.30. The zero-order valence-electron chi connectivity index (χ0n) is 14.6. The van der Waals surface area contributed by atoms with Crippen molar-refractivity contribution < 1.29 is 9.59 Å². The molecule has 1 aliphatic carbocycles. The molecule has 0 spiro atoms. The van der Waals surface area contributed by atoms with Gasteiger partial charge in [0.2, 0.25) is 11.8 Å². The zero-order chi connectivity index (χ0) is 17.1. The zero-order valence-corrected chi connectivity index (χ0v) is 14.6. The highest BCUT2D eigenvalue weighted by molar-refractivity contribution is 5.90. The number of amides is 2. The van der Waals surface area contributed by atoms with Crippen molar-refractivity contribution in [1.82, 2.24) is 10.3 Å². The highest BCUT2D eigenvalue weighted by Gasteiger charge is 2.37. The number of nitrogens with one attached hydrogen (secondary N) is 1. The Morgan fingerprint density at radius 1 is 1.25 bits per heavy atom. The van der Waals surface area contributed by atoms with Gasteiger partial charge in [-0.15, -0.1) is 0 Å².